The van der Waals surface area contributed by atoms with Crippen LogP contribution in [0.3, 0.4) is 0 Å². The molecule has 17 nitrogen and oxygen atoms in total. The average molecular weight is 1440 g/mol. The first kappa shape index (κ1) is 94.7. The molecule has 5 unspecified atom stereocenters. The first-order chi connectivity index (χ1) is 48.7. The maximum atomic E-state index is 13.1. The Labute approximate surface area is 604 Å². The van der Waals surface area contributed by atoms with Gasteiger partial charge in [0.1, 0.15) is 19.3 Å². The van der Waals surface area contributed by atoms with Crippen molar-refractivity contribution in [1.29, 1.82) is 0 Å². The van der Waals surface area contributed by atoms with Crippen LogP contribution in [-0.2, 0) is 65.4 Å². The summed E-state index contributed by atoms with van der Waals surface area (Å²) < 4.78 is 68.3. The Kier molecular flexibility index (Phi) is 68.2. The van der Waals surface area contributed by atoms with E-state index in [1.807, 2.05) is 12.2 Å². The van der Waals surface area contributed by atoms with E-state index in [9.17, 15) is 43.2 Å². The van der Waals surface area contributed by atoms with Crippen molar-refractivity contribution < 1.29 is 80.2 Å². The second-order valence-corrected chi connectivity index (χ2v) is 27.4. The van der Waals surface area contributed by atoms with Gasteiger partial charge in [-0.3, -0.25) is 37.3 Å². The Hall–Kier alpha value is -5.32. The van der Waals surface area contributed by atoms with Crippen LogP contribution in [0.15, 0.2) is 158 Å². The summed E-state index contributed by atoms with van der Waals surface area (Å²) in [6, 6.07) is 0. The van der Waals surface area contributed by atoms with E-state index in [-0.39, 0.29) is 25.7 Å². The Bertz CT molecular complexity index is 2520. The van der Waals surface area contributed by atoms with Crippen molar-refractivity contribution >= 4 is 39.5 Å². The molecule has 3 N–H and O–H groups in total. The lowest BCUT2D eigenvalue weighted by Gasteiger charge is -2.21. The number of ether oxygens (including phenoxy) is 4. The van der Waals surface area contributed by atoms with E-state index in [0.29, 0.717) is 25.7 Å². The Balaban J connectivity index is 5.47. The highest BCUT2D eigenvalue weighted by Gasteiger charge is 2.30. The van der Waals surface area contributed by atoms with Gasteiger partial charge in [-0.05, 0) is 148 Å². The van der Waals surface area contributed by atoms with Crippen LogP contribution in [0.2, 0.25) is 0 Å². The van der Waals surface area contributed by atoms with Gasteiger partial charge in [-0.15, -0.1) is 0 Å². The summed E-state index contributed by atoms with van der Waals surface area (Å²) in [7, 11) is -10.0. The van der Waals surface area contributed by atoms with Crippen LogP contribution in [-0.4, -0.2) is 96.7 Å². The third-order valence-corrected chi connectivity index (χ3v) is 16.9. The standard InChI is InChI=1S/C81H132O17P2/c1-5-9-13-17-21-25-29-33-36-37-40-43-46-50-54-58-62-66-79(84)92-72-77(98-81(86)68-64-60-56-52-48-44-39-35-31-27-23-19-15-11-7-3)74-96-100(89,90)94-70-75(82)69-93-99(87,88)95-73-76(97-80(85)67-63-59-55-51-47-41-32-28-24-20-16-12-8-4)71-91-78(83)65-61-57-53-49-45-42-38-34-30-26-22-18-14-10-6-2/h9-11,13-15,21-23,25-28,32-36,38-39,45,48-49,52,60,64,75-77,82H,5-8,12,16-20,24,29-31,37,40-44,46-47,50-51,53-59,61-63,65-74H2,1-4H3,(H,87,88)(H,89,90)/b13-9-,14-10-,15-11-,25-21-,26-22-,27-23-,32-28-,36-33-,38-34-,39-35-,49-45-,52-48-,64-60-. The largest absolute Gasteiger partial charge is 0.472 e. The number of phosphoric acid groups is 2. The predicted octanol–water partition coefficient (Wildman–Crippen LogP) is 21.7. The maximum absolute atomic E-state index is 13.1. The van der Waals surface area contributed by atoms with Crippen molar-refractivity contribution in [2.24, 2.45) is 0 Å². The molecular weight excluding hydrogens is 1310 g/mol. The summed E-state index contributed by atoms with van der Waals surface area (Å²) in [5.41, 5.74) is 0. The number of carbonyl (C=O) groups excluding carboxylic acids is 4. The molecule has 0 aromatic carbocycles. The number of aliphatic hydroxyl groups is 1. The average Bonchev–Trinajstić information content (AvgIpc) is 0.932. The number of aliphatic hydroxyl groups excluding tert-OH is 1. The third kappa shape index (κ3) is 71.1. The molecule has 0 spiro atoms. The minimum atomic E-state index is -5.01. The lowest BCUT2D eigenvalue weighted by molar-refractivity contribution is -0.161. The fourth-order valence-electron chi connectivity index (χ4n) is 9.35. The number of hydrogen-bond acceptors (Lipinski definition) is 15. The maximum Gasteiger partial charge on any atom is 0.472 e. The van der Waals surface area contributed by atoms with E-state index >= 15 is 0 Å². The van der Waals surface area contributed by atoms with Gasteiger partial charge >= 0.3 is 39.5 Å². The molecule has 0 amide bonds. The summed E-state index contributed by atoms with van der Waals surface area (Å²) >= 11 is 0. The zero-order valence-corrected chi connectivity index (χ0v) is 63.6. The van der Waals surface area contributed by atoms with Crippen molar-refractivity contribution in [3.05, 3.63) is 158 Å². The number of hydrogen-bond donors (Lipinski definition) is 3. The Morgan fingerprint density at radius 3 is 0.920 bits per heavy atom. The van der Waals surface area contributed by atoms with E-state index < -0.39 is 97.5 Å². The lowest BCUT2D eigenvalue weighted by Crippen LogP contribution is -2.30. The highest BCUT2D eigenvalue weighted by molar-refractivity contribution is 7.47. The van der Waals surface area contributed by atoms with Crippen LogP contribution in [0.5, 0.6) is 0 Å². The number of unbranched alkanes of at least 4 members (excludes halogenated alkanes) is 18. The fraction of sp³-hybridized carbons (Fsp3) is 0.630. The van der Waals surface area contributed by atoms with Crippen LogP contribution >= 0.6 is 15.6 Å². The highest BCUT2D eigenvalue weighted by atomic mass is 31.2. The van der Waals surface area contributed by atoms with Gasteiger partial charge in [0.2, 0.25) is 0 Å². The summed E-state index contributed by atoms with van der Waals surface area (Å²) in [6.45, 7) is 4.31. The molecule has 0 heterocycles. The van der Waals surface area contributed by atoms with E-state index in [1.165, 1.54) is 25.7 Å². The van der Waals surface area contributed by atoms with E-state index in [1.54, 1.807) is 12.2 Å². The van der Waals surface area contributed by atoms with Crippen molar-refractivity contribution in [2.75, 3.05) is 39.6 Å². The van der Waals surface area contributed by atoms with Crippen LogP contribution < -0.4 is 0 Å². The topological polar surface area (TPSA) is 237 Å². The normalized spacial score (nSPS) is 14.8. The van der Waals surface area contributed by atoms with E-state index in [0.717, 1.165) is 167 Å². The van der Waals surface area contributed by atoms with Gasteiger partial charge in [0, 0.05) is 19.3 Å². The quantitative estimate of drug-likeness (QED) is 0.0169. The van der Waals surface area contributed by atoms with Crippen molar-refractivity contribution in [2.45, 2.75) is 290 Å². The first-order valence-electron chi connectivity index (χ1n) is 37.7. The number of carbonyl (C=O) groups is 4. The molecule has 0 aliphatic carbocycles. The van der Waals surface area contributed by atoms with Crippen molar-refractivity contribution in [1.82, 2.24) is 0 Å². The monoisotopic (exact) mass is 1440 g/mol. The molecule has 0 aliphatic rings. The molecule has 19 heteroatoms. The van der Waals surface area contributed by atoms with Gasteiger partial charge in [0.05, 0.1) is 32.8 Å². The molecule has 0 aromatic rings. The van der Waals surface area contributed by atoms with Gasteiger partial charge in [-0.25, -0.2) is 9.13 Å². The number of phosphoric ester groups is 2. The second kappa shape index (κ2) is 72.0. The van der Waals surface area contributed by atoms with Crippen LogP contribution in [0.25, 0.3) is 0 Å². The third-order valence-electron chi connectivity index (χ3n) is 15.0. The minimum absolute atomic E-state index is 0.0686. The summed E-state index contributed by atoms with van der Waals surface area (Å²) in [4.78, 5) is 72.8. The molecule has 568 valence electrons. The molecule has 0 rings (SSSR count). The second-order valence-electron chi connectivity index (χ2n) is 24.5. The molecule has 100 heavy (non-hydrogen) atoms. The summed E-state index contributed by atoms with van der Waals surface area (Å²) in [5, 5.41) is 10.6. The molecule has 0 saturated carbocycles. The predicted molar refractivity (Wildman–Crippen MR) is 408 cm³/mol. The number of allylic oxidation sites excluding steroid dienone is 25. The van der Waals surface area contributed by atoms with Crippen molar-refractivity contribution in [3.8, 4) is 0 Å². The van der Waals surface area contributed by atoms with Gasteiger partial charge in [-0.1, -0.05) is 256 Å². The molecule has 0 fully saturated rings. The smallest absolute Gasteiger partial charge is 0.462 e. The van der Waals surface area contributed by atoms with E-state index in [2.05, 4.69) is 161 Å². The number of rotatable bonds is 69. The zero-order valence-electron chi connectivity index (χ0n) is 61.8. The zero-order chi connectivity index (χ0) is 73.2. The summed E-state index contributed by atoms with van der Waals surface area (Å²) in [6.07, 6.45) is 82.7. The van der Waals surface area contributed by atoms with Gasteiger partial charge < -0.3 is 33.8 Å². The van der Waals surface area contributed by atoms with Crippen LogP contribution in [0.1, 0.15) is 272 Å². The molecule has 0 aliphatic heterocycles. The molecule has 0 radical (unpaired) electrons. The highest BCUT2D eigenvalue weighted by Crippen LogP contribution is 2.45. The molecule has 0 aromatic heterocycles. The number of esters is 4. The van der Waals surface area contributed by atoms with Gasteiger partial charge in [-0.2, -0.15) is 0 Å². The first-order valence-corrected chi connectivity index (χ1v) is 40.7. The van der Waals surface area contributed by atoms with Gasteiger partial charge in [0.25, 0.3) is 0 Å². The fourth-order valence-corrected chi connectivity index (χ4v) is 10.9. The molecule has 0 saturated heterocycles. The molecule has 0 bridgehead atoms. The van der Waals surface area contributed by atoms with E-state index in [4.69, 9.17) is 37.0 Å². The molecular formula is C81H132O17P2. The minimum Gasteiger partial charge on any atom is -0.462 e. The Morgan fingerprint density at radius 2 is 0.560 bits per heavy atom. The Morgan fingerprint density at radius 1 is 0.300 bits per heavy atom. The van der Waals surface area contributed by atoms with Crippen LogP contribution in [0, 0.1) is 0 Å². The van der Waals surface area contributed by atoms with Gasteiger partial charge in [0.15, 0.2) is 12.2 Å². The van der Waals surface area contributed by atoms with Crippen LogP contribution in [0.4, 0.5) is 0 Å². The molecule has 5 atom stereocenters. The lowest BCUT2D eigenvalue weighted by atomic mass is 10.1. The summed E-state index contributed by atoms with van der Waals surface area (Å²) in [5.74, 6) is -2.40. The SMILES string of the molecule is CC/C=C\C/C=C\C/C=C\C/C=C\C/C=C\CC(=O)OC(COC(=O)CCCCCCCCC/C=C\C/C=C\C/C=C\CC)COP(=O)(O)OCC(O)COP(=O)(O)OCC(COC(=O)CCCC/C=C\C/C=C\C/C=C\C/C=C\CC)OC(=O)CCCCCCC/C=C\CCCCCC. The van der Waals surface area contributed by atoms with Crippen molar-refractivity contribution in [3.63, 3.8) is 0 Å².